The first-order chi connectivity index (χ1) is 10.9. The molecule has 2 aliphatic rings. The highest BCUT2D eigenvalue weighted by Gasteiger charge is 2.53. The molecule has 0 saturated carbocycles. The molecular weight excluding hydrogens is 318 g/mol. The molecule has 0 radical (unpaired) electrons. The summed E-state index contributed by atoms with van der Waals surface area (Å²) in [6.45, 7) is 4.43. The SMILES string of the molecule is COC[C@]12COC[C@H]1CN(S(=O)(=O)c1ccc(C)cc1OC)C2. The fraction of sp³-hybridized carbons (Fsp3) is 0.625. The molecule has 6 nitrogen and oxygen atoms in total. The maximum Gasteiger partial charge on any atom is 0.246 e. The quantitative estimate of drug-likeness (QED) is 0.807. The number of hydrogen-bond acceptors (Lipinski definition) is 5. The van der Waals surface area contributed by atoms with Gasteiger partial charge in [-0.15, -0.1) is 0 Å². The van der Waals surface area contributed by atoms with E-state index < -0.39 is 10.0 Å². The zero-order valence-corrected chi connectivity index (χ0v) is 14.6. The predicted molar refractivity (Wildman–Crippen MR) is 85.1 cm³/mol. The maximum absolute atomic E-state index is 13.1. The van der Waals surface area contributed by atoms with Crippen LogP contribution in [-0.4, -0.2) is 59.9 Å². The number of nitrogens with zero attached hydrogens (tertiary/aromatic N) is 1. The van der Waals surface area contributed by atoms with E-state index in [2.05, 4.69) is 0 Å². The Hall–Kier alpha value is -1.15. The van der Waals surface area contributed by atoms with Crippen LogP contribution in [0.15, 0.2) is 23.1 Å². The number of ether oxygens (including phenoxy) is 3. The lowest BCUT2D eigenvalue weighted by Crippen LogP contribution is -2.37. The minimum absolute atomic E-state index is 0.175. The van der Waals surface area contributed by atoms with Crippen LogP contribution in [0.1, 0.15) is 5.56 Å². The second-order valence-electron chi connectivity index (χ2n) is 6.46. The first-order valence-corrected chi connectivity index (χ1v) is 9.08. The molecule has 0 aliphatic carbocycles. The molecule has 2 heterocycles. The predicted octanol–water partition coefficient (Wildman–Crippen LogP) is 1.29. The summed E-state index contributed by atoms with van der Waals surface area (Å²) >= 11 is 0. The van der Waals surface area contributed by atoms with Gasteiger partial charge in [-0.2, -0.15) is 4.31 Å². The monoisotopic (exact) mass is 341 g/mol. The molecule has 1 aromatic carbocycles. The van der Waals surface area contributed by atoms with Gasteiger partial charge in [0.15, 0.2) is 0 Å². The van der Waals surface area contributed by atoms with Crippen LogP contribution in [0, 0.1) is 18.3 Å². The number of rotatable bonds is 5. The van der Waals surface area contributed by atoms with Gasteiger partial charge in [0.05, 0.1) is 26.9 Å². The van der Waals surface area contributed by atoms with Gasteiger partial charge in [0, 0.05) is 31.5 Å². The molecular formula is C16H23NO5S. The molecule has 0 bridgehead atoms. The fourth-order valence-corrected chi connectivity index (χ4v) is 5.30. The van der Waals surface area contributed by atoms with Crippen LogP contribution in [0.25, 0.3) is 0 Å². The molecule has 7 heteroatoms. The van der Waals surface area contributed by atoms with Gasteiger partial charge in [0.2, 0.25) is 10.0 Å². The normalized spacial score (nSPS) is 28.0. The first kappa shape index (κ1) is 16.7. The smallest absolute Gasteiger partial charge is 0.246 e. The first-order valence-electron chi connectivity index (χ1n) is 7.64. The van der Waals surface area contributed by atoms with Crippen LogP contribution < -0.4 is 4.74 Å². The van der Waals surface area contributed by atoms with Crippen molar-refractivity contribution in [1.82, 2.24) is 4.31 Å². The van der Waals surface area contributed by atoms with Crippen molar-refractivity contribution >= 4 is 10.0 Å². The Morgan fingerprint density at radius 2 is 2.17 bits per heavy atom. The molecule has 2 aliphatic heterocycles. The summed E-state index contributed by atoms with van der Waals surface area (Å²) in [5, 5.41) is 0. The Bertz CT molecular complexity index is 690. The van der Waals surface area contributed by atoms with E-state index in [1.165, 1.54) is 7.11 Å². The average Bonchev–Trinajstić information content (AvgIpc) is 3.04. The Morgan fingerprint density at radius 1 is 1.39 bits per heavy atom. The maximum atomic E-state index is 13.1. The van der Waals surface area contributed by atoms with Gasteiger partial charge >= 0.3 is 0 Å². The number of fused-ring (bicyclic) bond motifs is 1. The molecule has 3 rings (SSSR count). The topological polar surface area (TPSA) is 65.1 Å². The summed E-state index contributed by atoms with van der Waals surface area (Å²) in [7, 11) is -0.464. The molecule has 128 valence electrons. The number of benzene rings is 1. The Morgan fingerprint density at radius 3 is 2.87 bits per heavy atom. The average molecular weight is 341 g/mol. The highest BCUT2D eigenvalue weighted by atomic mass is 32.2. The van der Waals surface area contributed by atoms with E-state index in [-0.39, 0.29) is 16.2 Å². The lowest BCUT2D eigenvalue weighted by molar-refractivity contribution is 0.0601. The third-order valence-corrected chi connectivity index (χ3v) is 6.71. The van der Waals surface area contributed by atoms with Crippen molar-refractivity contribution in [3.63, 3.8) is 0 Å². The van der Waals surface area contributed by atoms with Gasteiger partial charge in [-0.1, -0.05) is 6.07 Å². The van der Waals surface area contributed by atoms with Crippen molar-refractivity contribution in [2.45, 2.75) is 11.8 Å². The van der Waals surface area contributed by atoms with Crippen molar-refractivity contribution in [1.29, 1.82) is 0 Å². The summed E-state index contributed by atoms with van der Waals surface area (Å²) in [6.07, 6.45) is 0. The minimum atomic E-state index is -3.60. The van der Waals surface area contributed by atoms with Gasteiger partial charge < -0.3 is 14.2 Å². The number of sulfonamides is 1. The van der Waals surface area contributed by atoms with Gasteiger partial charge in [0.25, 0.3) is 0 Å². The largest absolute Gasteiger partial charge is 0.495 e. The number of aryl methyl sites for hydroxylation is 1. The molecule has 2 fully saturated rings. The standard InChI is InChI=1S/C16H23NO5S/c1-12-4-5-15(14(6-12)21-3)23(18,19)17-7-13-8-22-11-16(13,9-17)10-20-2/h4-6,13H,7-11H2,1-3H3/t13-,16-/m1/s1. The third kappa shape index (κ3) is 2.76. The van der Waals surface area contributed by atoms with E-state index in [1.54, 1.807) is 29.6 Å². The summed E-state index contributed by atoms with van der Waals surface area (Å²) in [4.78, 5) is 0.221. The van der Waals surface area contributed by atoms with E-state index in [9.17, 15) is 8.42 Å². The Balaban J connectivity index is 1.93. The molecule has 0 aromatic heterocycles. The van der Waals surface area contributed by atoms with Gasteiger partial charge in [-0.3, -0.25) is 0 Å². The van der Waals surface area contributed by atoms with Crippen LogP contribution in [0.2, 0.25) is 0 Å². The zero-order valence-electron chi connectivity index (χ0n) is 13.7. The van der Waals surface area contributed by atoms with Crippen LogP contribution in [-0.2, 0) is 19.5 Å². The van der Waals surface area contributed by atoms with Crippen LogP contribution in [0.5, 0.6) is 5.75 Å². The summed E-state index contributed by atoms with van der Waals surface area (Å²) < 4.78 is 43.9. The van der Waals surface area contributed by atoms with E-state index >= 15 is 0 Å². The van der Waals surface area contributed by atoms with Gasteiger partial charge in [0.1, 0.15) is 10.6 Å². The summed E-state index contributed by atoms with van der Waals surface area (Å²) in [5.41, 5.74) is 0.725. The lowest BCUT2D eigenvalue weighted by Gasteiger charge is -2.26. The second-order valence-corrected chi connectivity index (χ2v) is 8.37. The zero-order chi connectivity index (χ0) is 16.7. The van der Waals surface area contributed by atoms with E-state index in [4.69, 9.17) is 14.2 Å². The Labute approximate surface area is 137 Å². The summed E-state index contributed by atoms with van der Waals surface area (Å²) in [6, 6.07) is 5.16. The molecule has 2 atom stereocenters. The second kappa shape index (κ2) is 6.05. The fourth-order valence-electron chi connectivity index (χ4n) is 3.58. The summed E-state index contributed by atoms with van der Waals surface area (Å²) in [5.74, 6) is 0.563. The van der Waals surface area contributed by atoms with Crippen molar-refractivity contribution in [3.8, 4) is 5.75 Å². The van der Waals surface area contributed by atoms with Gasteiger partial charge in [-0.05, 0) is 24.6 Å². The molecule has 2 saturated heterocycles. The highest BCUT2D eigenvalue weighted by molar-refractivity contribution is 7.89. The van der Waals surface area contributed by atoms with Crippen molar-refractivity contribution < 1.29 is 22.6 Å². The molecule has 1 aromatic rings. The van der Waals surface area contributed by atoms with Crippen LogP contribution >= 0.6 is 0 Å². The van der Waals surface area contributed by atoms with Crippen LogP contribution in [0.4, 0.5) is 0 Å². The van der Waals surface area contributed by atoms with E-state index in [0.29, 0.717) is 38.7 Å². The molecule has 0 spiro atoms. The van der Waals surface area contributed by atoms with E-state index in [1.807, 2.05) is 6.92 Å². The van der Waals surface area contributed by atoms with Crippen LogP contribution in [0.3, 0.4) is 0 Å². The van der Waals surface area contributed by atoms with E-state index in [0.717, 1.165) is 5.56 Å². The molecule has 0 N–H and O–H groups in total. The molecule has 23 heavy (non-hydrogen) atoms. The molecule has 0 amide bonds. The minimum Gasteiger partial charge on any atom is -0.495 e. The van der Waals surface area contributed by atoms with Crippen molar-refractivity contribution in [3.05, 3.63) is 23.8 Å². The van der Waals surface area contributed by atoms with Gasteiger partial charge in [-0.25, -0.2) is 8.42 Å². The molecule has 0 unspecified atom stereocenters. The lowest BCUT2D eigenvalue weighted by atomic mass is 9.82. The number of hydrogen-bond donors (Lipinski definition) is 0. The van der Waals surface area contributed by atoms with Crippen molar-refractivity contribution in [2.24, 2.45) is 11.3 Å². The Kier molecular flexibility index (Phi) is 4.39. The number of methoxy groups -OCH3 is 2. The van der Waals surface area contributed by atoms with Crippen molar-refractivity contribution in [2.75, 3.05) is 47.1 Å². The third-order valence-electron chi connectivity index (χ3n) is 4.86. The highest BCUT2D eigenvalue weighted by Crippen LogP contribution is 2.44.